The smallest absolute Gasteiger partial charge is 0.237 e. The third-order valence-electron chi connectivity index (χ3n) is 5.63. The molecule has 3 aromatic rings. The zero-order valence-electron chi connectivity index (χ0n) is 16.6. The van der Waals surface area contributed by atoms with Crippen molar-refractivity contribution < 1.29 is 13.9 Å². The van der Waals surface area contributed by atoms with Crippen LogP contribution in [-0.4, -0.2) is 34.2 Å². The monoisotopic (exact) mass is 419 g/mol. The van der Waals surface area contributed by atoms with Gasteiger partial charge in [-0.05, 0) is 31.0 Å². The summed E-state index contributed by atoms with van der Waals surface area (Å²) in [6.45, 7) is 3.00. The van der Waals surface area contributed by atoms with Gasteiger partial charge in [-0.1, -0.05) is 0 Å². The Hall–Kier alpha value is -4.00. The average Bonchev–Trinajstić information content (AvgIpc) is 3.57. The number of hydrogen-bond donors (Lipinski definition) is 3. The summed E-state index contributed by atoms with van der Waals surface area (Å²) in [6.07, 6.45) is 2.09. The first-order valence-electron chi connectivity index (χ1n) is 9.80. The van der Waals surface area contributed by atoms with Crippen molar-refractivity contribution in [2.45, 2.75) is 13.3 Å². The van der Waals surface area contributed by atoms with Crippen LogP contribution in [0.15, 0.2) is 18.3 Å². The summed E-state index contributed by atoms with van der Waals surface area (Å²) in [7, 11) is 0. The van der Waals surface area contributed by atoms with Crippen molar-refractivity contribution in [2.75, 3.05) is 29.5 Å². The number of nitrogens with two attached hydrogens (primary N) is 1. The second-order valence-electron chi connectivity index (χ2n) is 7.64. The van der Waals surface area contributed by atoms with Gasteiger partial charge >= 0.3 is 0 Å². The van der Waals surface area contributed by atoms with Gasteiger partial charge in [-0.15, -0.1) is 10.2 Å². The topological polar surface area (TPSA) is 139 Å². The van der Waals surface area contributed by atoms with E-state index < -0.39 is 5.82 Å². The highest BCUT2D eigenvalue weighted by molar-refractivity contribution is 5.99. The second kappa shape index (κ2) is 7.05. The number of nitrogen functional groups attached to an aromatic ring is 1. The van der Waals surface area contributed by atoms with Gasteiger partial charge in [0.05, 0.1) is 23.6 Å². The van der Waals surface area contributed by atoms with Crippen LogP contribution in [0.2, 0.25) is 0 Å². The van der Waals surface area contributed by atoms with E-state index in [1.807, 2.05) is 6.92 Å². The summed E-state index contributed by atoms with van der Waals surface area (Å²) < 4.78 is 20.7. The number of ether oxygens (including phenoxy) is 1. The molecule has 9 nitrogen and oxygen atoms in total. The predicted molar refractivity (Wildman–Crippen MR) is 112 cm³/mol. The Morgan fingerprint density at radius 1 is 1.39 bits per heavy atom. The average molecular weight is 419 g/mol. The van der Waals surface area contributed by atoms with Crippen molar-refractivity contribution in [1.82, 2.24) is 15.2 Å². The van der Waals surface area contributed by atoms with E-state index >= 15 is 4.39 Å². The number of rotatable bonds is 3. The molecule has 1 fully saturated rings. The van der Waals surface area contributed by atoms with Crippen LogP contribution in [0.1, 0.15) is 12.0 Å². The maximum Gasteiger partial charge on any atom is 0.237 e. The number of fused-ring (bicyclic) bond motifs is 2. The number of amides is 1. The van der Waals surface area contributed by atoms with Crippen molar-refractivity contribution in [3.63, 3.8) is 0 Å². The summed E-state index contributed by atoms with van der Waals surface area (Å²) in [6, 6.07) is 5.28. The van der Waals surface area contributed by atoms with Crippen molar-refractivity contribution >= 4 is 34.0 Å². The molecule has 1 amide bonds. The molecule has 5 rings (SSSR count). The van der Waals surface area contributed by atoms with Crippen LogP contribution in [0.5, 0.6) is 5.88 Å². The molecule has 1 aliphatic carbocycles. The zero-order chi connectivity index (χ0) is 21.7. The molecule has 2 atom stereocenters. The third-order valence-corrected chi connectivity index (χ3v) is 5.63. The van der Waals surface area contributed by atoms with Crippen molar-refractivity contribution in [3.05, 3.63) is 29.7 Å². The van der Waals surface area contributed by atoms with Crippen LogP contribution in [0.3, 0.4) is 0 Å². The van der Waals surface area contributed by atoms with Crippen LogP contribution in [0, 0.1) is 35.9 Å². The number of carbonyl (C=O) groups excluding carboxylic acids is 1. The molecule has 2 aromatic heterocycles. The van der Waals surface area contributed by atoms with Crippen molar-refractivity contribution in [3.8, 4) is 23.1 Å². The van der Waals surface area contributed by atoms with Gasteiger partial charge in [0.15, 0.2) is 11.6 Å². The summed E-state index contributed by atoms with van der Waals surface area (Å²) >= 11 is 0. The number of carbonyl (C=O) groups is 1. The molecule has 0 bridgehead atoms. The molecular formula is C21H18FN7O2. The van der Waals surface area contributed by atoms with Gasteiger partial charge in [0, 0.05) is 29.3 Å². The van der Waals surface area contributed by atoms with E-state index in [4.69, 9.17) is 15.7 Å². The molecule has 1 aliphatic heterocycles. The number of nitrogens with zero attached hydrogens (tertiary/aromatic N) is 4. The predicted octanol–water partition coefficient (Wildman–Crippen LogP) is 2.62. The fourth-order valence-electron chi connectivity index (χ4n) is 3.79. The Morgan fingerprint density at radius 2 is 2.23 bits per heavy atom. The number of anilines is 3. The molecule has 2 aliphatic rings. The lowest BCUT2D eigenvalue weighted by molar-refractivity contribution is -0.117. The molecular weight excluding hydrogens is 401 g/mol. The Balaban J connectivity index is 1.56. The first-order chi connectivity index (χ1) is 15.0. The highest BCUT2D eigenvalue weighted by atomic mass is 19.1. The Labute approximate surface area is 176 Å². The summed E-state index contributed by atoms with van der Waals surface area (Å²) in [5, 5.41) is 23.3. The molecule has 156 valence electrons. The van der Waals surface area contributed by atoms with Crippen LogP contribution in [-0.2, 0) is 4.79 Å². The maximum atomic E-state index is 15.2. The second-order valence-corrected chi connectivity index (χ2v) is 7.64. The molecule has 0 spiro atoms. The van der Waals surface area contributed by atoms with Gasteiger partial charge < -0.3 is 21.1 Å². The Morgan fingerprint density at radius 3 is 3.00 bits per heavy atom. The number of hydrogen-bond acceptors (Lipinski definition) is 8. The number of nitrogens with one attached hydrogen (secondary N) is 2. The first-order valence-corrected chi connectivity index (χ1v) is 9.80. The van der Waals surface area contributed by atoms with Gasteiger partial charge in [-0.25, -0.2) is 9.37 Å². The lowest BCUT2D eigenvalue weighted by atomic mass is 9.98. The van der Waals surface area contributed by atoms with E-state index in [0.29, 0.717) is 36.4 Å². The maximum absolute atomic E-state index is 15.2. The van der Waals surface area contributed by atoms with E-state index in [9.17, 15) is 4.79 Å². The van der Waals surface area contributed by atoms with Crippen molar-refractivity contribution in [2.24, 2.45) is 11.8 Å². The number of aromatic nitrogens is 3. The van der Waals surface area contributed by atoms with Crippen LogP contribution >= 0.6 is 0 Å². The third kappa shape index (κ3) is 3.15. The van der Waals surface area contributed by atoms with Gasteiger partial charge in [0.25, 0.3) is 0 Å². The lowest BCUT2D eigenvalue weighted by Crippen LogP contribution is -2.20. The van der Waals surface area contributed by atoms with E-state index in [2.05, 4.69) is 31.9 Å². The van der Waals surface area contributed by atoms with E-state index in [-0.39, 0.29) is 40.3 Å². The standard InChI is InChI=1S/C21H18FN7O2/c1-9-14(8-26-21-18(9)25-2-3-31-21)13-4-10-6-15(27-20(30)12-5-11(12)7-23)28-29-19(10)17(24)16(13)22/h4,6,8,11-12,25H,2-3,5,24H2,1H3,(H,27,28,30)/t11-,12+/m0/s1. The molecule has 1 saturated carbocycles. The molecule has 4 N–H and O–H groups in total. The SMILES string of the molecule is Cc1c(-c2cc3cc(NC(=O)[C@@H]4C[C@H]4C#N)nnc3c(N)c2F)cnc2c1NCCO2. The lowest BCUT2D eigenvalue weighted by Gasteiger charge is -2.22. The normalized spacial score (nSPS) is 19.0. The highest BCUT2D eigenvalue weighted by Gasteiger charge is 2.43. The number of pyridine rings is 1. The fraction of sp³-hybridized carbons (Fsp3) is 0.286. The zero-order valence-corrected chi connectivity index (χ0v) is 16.6. The van der Waals surface area contributed by atoms with Gasteiger partial charge in [0.1, 0.15) is 17.8 Å². The summed E-state index contributed by atoms with van der Waals surface area (Å²) in [5.41, 5.74) is 8.44. The quantitative estimate of drug-likeness (QED) is 0.551. The van der Waals surface area contributed by atoms with Crippen LogP contribution in [0.25, 0.3) is 22.0 Å². The molecule has 10 heteroatoms. The summed E-state index contributed by atoms with van der Waals surface area (Å²) in [5.74, 6) is -0.801. The van der Waals surface area contributed by atoms with E-state index in [1.54, 1.807) is 18.3 Å². The summed E-state index contributed by atoms with van der Waals surface area (Å²) in [4.78, 5) is 16.5. The molecule has 0 radical (unpaired) electrons. The number of halogens is 1. The Kier molecular flexibility index (Phi) is 4.32. The number of benzene rings is 1. The Bertz CT molecular complexity index is 1290. The minimum atomic E-state index is -0.616. The van der Waals surface area contributed by atoms with Gasteiger partial charge in [-0.2, -0.15) is 5.26 Å². The molecule has 31 heavy (non-hydrogen) atoms. The highest BCUT2D eigenvalue weighted by Crippen LogP contribution is 2.40. The molecule has 0 unspecified atom stereocenters. The molecule has 1 aromatic carbocycles. The van der Waals surface area contributed by atoms with Crippen molar-refractivity contribution in [1.29, 1.82) is 5.26 Å². The number of nitriles is 1. The van der Waals surface area contributed by atoms with Crippen LogP contribution < -0.4 is 21.1 Å². The fourth-order valence-corrected chi connectivity index (χ4v) is 3.79. The molecule has 3 heterocycles. The largest absolute Gasteiger partial charge is 0.474 e. The molecule has 0 saturated heterocycles. The van der Waals surface area contributed by atoms with E-state index in [1.165, 1.54) is 0 Å². The minimum Gasteiger partial charge on any atom is -0.474 e. The first kappa shape index (κ1) is 19.0. The van der Waals surface area contributed by atoms with E-state index in [0.717, 1.165) is 11.3 Å². The minimum absolute atomic E-state index is 0.133. The van der Waals surface area contributed by atoms with Gasteiger partial charge in [0.2, 0.25) is 11.8 Å². The van der Waals surface area contributed by atoms with Gasteiger partial charge in [-0.3, -0.25) is 4.79 Å². The van der Waals surface area contributed by atoms with Crippen LogP contribution in [0.4, 0.5) is 21.6 Å².